The average molecular weight is 659 g/mol. The Morgan fingerprint density at radius 2 is 1.09 bits per heavy atom. The normalized spacial score (nSPS) is 26.8. The van der Waals surface area contributed by atoms with Gasteiger partial charge in [0.25, 0.3) is 0 Å². The van der Waals surface area contributed by atoms with E-state index in [-0.39, 0.29) is 45.7 Å². The number of aliphatic hydroxyl groups excluding tert-OH is 2. The van der Waals surface area contributed by atoms with Gasteiger partial charge in [0.15, 0.2) is 0 Å². The Kier molecular flexibility index (Phi) is 18.7. The molecule has 0 spiro atoms. The van der Waals surface area contributed by atoms with Crippen LogP contribution in [0.25, 0.3) is 0 Å². The molecule has 2 N–H and O–H groups in total. The fraction of sp³-hybridized carbons (Fsp3) is 0.966. The van der Waals surface area contributed by atoms with E-state index in [9.17, 15) is 24.1 Å². The van der Waals surface area contributed by atoms with Crippen LogP contribution in [0.1, 0.15) is 118 Å². The third-order valence-corrected chi connectivity index (χ3v) is 10.7. The predicted molar refractivity (Wildman–Crippen MR) is 161 cm³/mol. The molecular weight excluding hydrogens is 602 g/mol. The first-order valence-electron chi connectivity index (χ1n) is 16.3. The molecular formula is C29H56O12P2. The first-order chi connectivity index (χ1) is 20.6. The molecule has 2 aliphatic carbocycles. The molecule has 0 amide bonds. The largest absolute Gasteiger partial charge is 0.475 e. The van der Waals surface area contributed by atoms with Gasteiger partial charge in [-0.2, -0.15) is 0 Å². The van der Waals surface area contributed by atoms with Crippen LogP contribution in [0.15, 0.2) is 0 Å². The van der Waals surface area contributed by atoms with Crippen LogP contribution in [-0.4, -0.2) is 73.1 Å². The minimum Gasteiger partial charge on any atom is -0.462 e. The number of unbranched alkanes of at least 4 members (excludes halogenated alkanes) is 4. The van der Waals surface area contributed by atoms with Gasteiger partial charge in [-0.1, -0.05) is 53.4 Å². The fourth-order valence-electron chi connectivity index (χ4n) is 4.82. The van der Waals surface area contributed by atoms with Crippen LogP contribution in [0.3, 0.4) is 0 Å². The second-order valence-corrected chi connectivity index (χ2v) is 14.7. The number of hydrogen-bond donors (Lipinski definition) is 2. The molecule has 0 aliphatic heterocycles. The minimum absolute atomic E-state index is 0.104. The van der Waals surface area contributed by atoms with E-state index in [0.717, 1.165) is 25.7 Å². The predicted octanol–water partition coefficient (Wildman–Crippen LogP) is 6.86. The first kappa shape index (κ1) is 38.8. The van der Waals surface area contributed by atoms with Gasteiger partial charge < -0.3 is 14.9 Å². The second kappa shape index (κ2) is 20.7. The van der Waals surface area contributed by atoms with Crippen molar-refractivity contribution in [2.24, 2.45) is 5.92 Å². The van der Waals surface area contributed by atoms with Crippen LogP contribution in [0.4, 0.5) is 0 Å². The Balaban J connectivity index is 1.93. The van der Waals surface area contributed by atoms with E-state index in [4.69, 9.17) is 31.9 Å². The number of carbonyl (C=O) groups excluding carboxylic acids is 1. The van der Waals surface area contributed by atoms with Gasteiger partial charge in [-0.3, -0.25) is 31.9 Å². The van der Waals surface area contributed by atoms with Gasteiger partial charge in [0.1, 0.15) is 6.10 Å². The maximum absolute atomic E-state index is 13.3. The third-order valence-electron chi connectivity index (χ3n) is 7.60. The molecule has 12 nitrogen and oxygen atoms in total. The smallest absolute Gasteiger partial charge is 0.462 e. The third kappa shape index (κ3) is 14.3. The lowest BCUT2D eigenvalue weighted by Gasteiger charge is -2.36. The summed E-state index contributed by atoms with van der Waals surface area (Å²) in [6.07, 6.45) is 3.55. The number of esters is 1. The molecule has 2 saturated carbocycles. The van der Waals surface area contributed by atoms with Gasteiger partial charge in [0.05, 0.1) is 56.8 Å². The number of phosphoric ester groups is 2. The summed E-state index contributed by atoms with van der Waals surface area (Å²) in [5, 5.41) is 21.4. The summed E-state index contributed by atoms with van der Waals surface area (Å²) < 4.78 is 65.7. The molecule has 2 rings (SSSR count). The topological polar surface area (TPSA) is 156 Å². The number of rotatable bonds is 22. The summed E-state index contributed by atoms with van der Waals surface area (Å²) in [5.74, 6) is -1.06. The highest BCUT2D eigenvalue weighted by Crippen LogP contribution is 2.54. The van der Waals surface area contributed by atoms with Crippen molar-refractivity contribution in [3.63, 3.8) is 0 Å². The van der Waals surface area contributed by atoms with Crippen molar-refractivity contribution >= 4 is 21.6 Å². The molecule has 0 aromatic carbocycles. The molecule has 6 atom stereocenters. The Morgan fingerprint density at radius 3 is 1.53 bits per heavy atom. The zero-order valence-corrected chi connectivity index (χ0v) is 28.4. The Labute approximate surface area is 258 Å². The highest BCUT2D eigenvalue weighted by Gasteiger charge is 2.42. The summed E-state index contributed by atoms with van der Waals surface area (Å²) in [7, 11) is -7.78. The number of carbonyl (C=O) groups is 1. The summed E-state index contributed by atoms with van der Waals surface area (Å²) in [4.78, 5) is 13.1. The number of aliphatic hydroxyl groups is 2. The van der Waals surface area contributed by atoms with Crippen molar-refractivity contribution in [2.45, 2.75) is 148 Å². The molecule has 43 heavy (non-hydrogen) atoms. The SMILES string of the molecule is CCCCOP(=O)(OCCCC)OC1CCC(OC(=O)C2CCC(O)C(OP(=O)(OCCCC)OCCCC)C2)CC1O. The molecule has 0 bridgehead atoms. The van der Waals surface area contributed by atoms with Crippen molar-refractivity contribution in [1.82, 2.24) is 0 Å². The van der Waals surface area contributed by atoms with Crippen LogP contribution < -0.4 is 0 Å². The Morgan fingerprint density at radius 1 is 0.628 bits per heavy atom. The second-order valence-electron chi connectivity index (χ2n) is 11.4. The van der Waals surface area contributed by atoms with Crippen molar-refractivity contribution in [2.75, 3.05) is 26.4 Å². The lowest BCUT2D eigenvalue weighted by Crippen LogP contribution is -2.42. The first-order valence-corrected chi connectivity index (χ1v) is 19.2. The van der Waals surface area contributed by atoms with Crippen molar-refractivity contribution in [3.8, 4) is 0 Å². The van der Waals surface area contributed by atoms with Crippen LogP contribution in [-0.2, 0) is 45.8 Å². The van der Waals surface area contributed by atoms with Crippen molar-refractivity contribution in [1.29, 1.82) is 0 Å². The summed E-state index contributed by atoms with van der Waals surface area (Å²) in [6, 6.07) is 0. The molecule has 2 aliphatic rings. The zero-order valence-electron chi connectivity index (χ0n) is 26.6. The molecule has 14 heteroatoms. The molecule has 0 aromatic heterocycles. The quantitative estimate of drug-likeness (QED) is 0.0709. The van der Waals surface area contributed by atoms with Gasteiger partial charge >= 0.3 is 21.6 Å². The standard InChI is InChI=1S/C29H56O12P2/c1-5-9-17-35-42(33,36-18-10-6-2)40-27-16-14-24(22-26(27)31)39-29(32)23-13-15-25(30)28(21-23)41-43(34,37-19-11-7-3)38-20-12-8-4/h23-28,30-31H,5-22H2,1-4H3. The lowest BCUT2D eigenvalue weighted by molar-refractivity contribution is -0.164. The highest BCUT2D eigenvalue weighted by atomic mass is 31.2. The van der Waals surface area contributed by atoms with Crippen LogP contribution in [0.5, 0.6) is 0 Å². The van der Waals surface area contributed by atoms with Crippen LogP contribution >= 0.6 is 15.6 Å². The maximum Gasteiger partial charge on any atom is 0.475 e. The van der Waals surface area contributed by atoms with Gasteiger partial charge in [-0.05, 0) is 57.8 Å². The Bertz CT molecular complexity index is 846. The number of hydrogen-bond acceptors (Lipinski definition) is 12. The van der Waals surface area contributed by atoms with Crippen molar-refractivity contribution < 1.29 is 56.0 Å². The molecule has 2 fully saturated rings. The molecule has 0 radical (unpaired) electrons. The van der Waals surface area contributed by atoms with Crippen molar-refractivity contribution in [3.05, 3.63) is 0 Å². The van der Waals surface area contributed by atoms with E-state index >= 15 is 0 Å². The highest BCUT2D eigenvalue weighted by molar-refractivity contribution is 7.48. The molecule has 0 aromatic rings. The molecule has 254 valence electrons. The molecule has 0 saturated heterocycles. The van der Waals surface area contributed by atoms with E-state index in [0.29, 0.717) is 44.9 Å². The molecule has 0 heterocycles. The maximum atomic E-state index is 13.3. The van der Waals surface area contributed by atoms with E-state index in [2.05, 4.69) is 0 Å². The van der Waals surface area contributed by atoms with Gasteiger partial charge in [-0.25, -0.2) is 9.13 Å². The van der Waals surface area contributed by atoms with Gasteiger partial charge in [0, 0.05) is 6.42 Å². The number of phosphoric acid groups is 2. The number of ether oxygens (including phenoxy) is 1. The van der Waals surface area contributed by atoms with Crippen LogP contribution in [0, 0.1) is 5.92 Å². The Hall–Kier alpha value is -0.390. The lowest BCUT2D eigenvalue weighted by atomic mass is 9.85. The van der Waals surface area contributed by atoms with E-state index in [1.807, 2.05) is 27.7 Å². The summed E-state index contributed by atoms with van der Waals surface area (Å²) >= 11 is 0. The van der Waals surface area contributed by atoms with Crippen LogP contribution in [0.2, 0.25) is 0 Å². The fourth-order valence-corrected chi connectivity index (χ4v) is 7.76. The monoisotopic (exact) mass is 658 g/mol. The van der Waals surface area contributed by atoms with E-state index in [1.165, 1.54) is 0 Å². The summed E-state index contributed by atoms with van der Waals surface area (Å²) in [5.41, 5.74) is 0. The zero-order chi connectivity index (χ0) is 31.7. The minimum atomic E-state index is -3.93. The van der Waals surface area contributed by atoms with Gasteiger partial charge in [0.2, 0.25) is 0 Å². The average Bonchev–Trinajstić information content (AvgIpc) is 2.96. The van der Waals surface area contributed by atoms with E-state index in [1.54, 1.807) is 0 Å². The summed E-state index contributed by atoms with van der Waals surface area (Å²) in [6.45, 7) is 8.82. The van der Waals surface area contributed by atoms with Gasteiger partial charge in [-0.15, -0.1) is 0 Å². The molecule has 6 unspecified atom stereocenters. The van der Waals surface area contributed by atoms with E-state index < -0.39 is 58.1 Å².